The van der Waals surface area contributed by atoms with Crippen molar-refractivity contribution >= 4 is 0 Å². The Morgan fingerprint density at radius 2 is 1.35 bits per heavy atom. The van der Waals surface area contributed by atoms with Gasteiger partial charge in [0.15, 0.2) is 0 Å². The van der Waals surface area contributed by atoms with Gasteiger partial charge in [0.2, 0.25) is 0 Å². The van der Waals surface area contributed by atoms with E-state index < -0.39 is 0 Å². The minimum atomic E-state index is -0.0921. The van der Waals surface area contributed by atoms with Gasteiger partial charge >= 0.3 is 0 Å². The number of rotatable bonds is 17. The predicted molar refractivity (Wildman–Crippen MR) is 158 cm³/mol. The van der Waals surface area contributed by atoms with Crippen LogP contribution in [0, 0.1) is 16.7 Å². The fourth-order valence-electron chi connectivity index (χ4n) is 6.06. The summed E-state index contributed by atoms with van der Waals surface area (Å²) >= 11 is 0. The summed E-state index contributed by atoms with van der Waals surface area (Å²) in [4.78, 5) is 0. The molecule has 2 heteroatoms. The highest BCUT2D eigenvalue weighted by Gasteiger charge is 2.35. The molecule has 1 aliphatic carbocycles. The first-order valence-electron chi connectivity index (χ1n) is 15.4. The molecule has 0 heterocycles. The van der Waals surface area contributed by atoms with Gasteiger partial charge in [0.25, 0.3) is 0 Å². The van der Waals surface area contributed by atoms with Crippen LogP contribution in [0.1, 0.15) is 134 Å². The molecule has 1 saturated carbocycles. The van der Waals surface area contributed by atoms with E-state index in [2.05, 4.69) is 68.4 Å². The first kappa shape index (κ1) is 29.3. The number of hydrogen-bond acceptors (Lipinski definition) is 2. The van der Waals surface area contributed by atoms with Crippen molar-refractivity contribution in [1.82, 2.24) is 0 Å². The van der Waals surface area contributed by atoms with E-state index in [0.29, 0.717) is 5.92 Å². The molecule has 3 rings (SSSR count). The largest absolute Gasteiger partial charge is 0.494 e. The van der Waals surface area contributed by atoms with Crippen LogP contribution >= 0.6 is 0 Å². The maximum atomic E-state index is 10.1. The van der Waals surface area contributed by atoms with Crippen molar-refractivity contribution in [3.05, 3.63) is 54.1 Å². The van der Waals surface area contributed by atoms with Crippen LogP contribution in [0.25, 0.3) is 11.1 Å². The Morgan fingerprint density at radius 3 is 2.00 bits per heavy atom. The standard InChI is InChI=1S/C35H51NO/c1-3-5-7-9-11-15-25-35(29-36)26-23-31(24-27-35)34-18-14-13-17-33(34)30-19-21-32(22-20-30)37-28-16-12-10-8-6-4-2/h13-14,17-22,31H,3-12,15-16,23-28H2,1-2H3. The molecular formula is C35H51NO. The van der Waals surface area contributed by atoms with Crippen molar-refractivity contribution in [2.24, 2.45) is 5.41 Å². The zero-order valence-electron chi connectivity index (χ0n) is 23.8. The van der Waals surface area contributed by atoms with Crippen molar-refractivity contribution in [3.8, 4) is 22.9 Å². The van der Waals surface area contributed by atoms with Gasteiger partial charge in [-0.2, -0.15) is 5.26 Å². The van der Waals surface area contributed by atoms with E-state index in [1.54, 1.807) is 0 Å². The molecule has 0 amide bonds. The highest BCUT2D eigenvalue weighted by molar-refractivity contribution is 5.68. The molecule has 37 heavy (non-hydrogen) atoms. The summed E-state index contributed by atoms with van der Waals surface area (Å²) in [5.41, 5.74) is 3.97. The van der Waals surface area contributed by atoms with Gasteiger partial charge in [-0.15, -0.1) is 0 Å². The van der Waals surface area contributed by atoms with Crippen LogP contribution in [0.2, 0.25) is 0 Å². The Morgan fingerprint density at radius 1 is 0.757 bits per heavy atom. The summed E-state index contributed by atoms with van der Waals surface area (Å²) in [5.74, 6) is 1.52. The average molecular weight is 502 g/mol. The summed E-state index contributed by atoms with van der Waals surface area (Å²) < 4.78 is 6.01. The van der Waals surface area contributed by atoms with Gasteiger partial charge in [0.1, 0.15) is 5.75 Å². The number of benzene rings is 2. The van der Waals surface area contributed by atoms with Gasteiger partial charge in [-0.1, -0.05) is 121 Å². The van der Waals surface area contributed by atoms with Gasteiger partial charge in [-0.3, -0.25) is 0 Å². The van der Waals surface area contributed by atoms with E-state index >= 15 is 0 Å². The summed E-state index contributed by atoms with van der Waals surface area (Å²) in [6, 6.07) is 20.4. The van der Waals surface area contributed by atoms with Crippen LogP contribution in [0.3, 0.4) is 0 Å². The Balaban J connectivity index is 1.51. The molecule has 2 aromatic rings. The molecule has 202 valence electrons. The summed E-state index contributed by atoms with van der Waals surface area (Å²) in [6.45, 7) is 5.34. The van der Waals surface area contributed by atoms with Gasteiger partial charge in [0.05, 0.1) is 18.1 Å². The molecule has 0 saturated heterocycles. The summed E-state index contributed by atoms with van der Waals surface area (Å²) in [6.07, 6.45) is 21.0. The number of ether oxygens (including phenoxy) is 1. The Bertz CT molecular complexity index is 917. The Hall–Kier alpha value is -2.27. The van der Waals surface area contributed by atoms with Gasteiger partial charge in [-0.25, -0.2) is 0 Å². The Labute approximate surface area is 227 Å². The van der Waals surface area contributed by atoms with E-state index in [1.807, 2.05) is 0 Å². The zero-order chi connectivity index (χ0) is 26.2. The molecule has 0 aliphatic heterocycles. The van der Waals surface area contributed by atoms with E-state index in [9.17, 15) is 5.26 Å². The lowest BCUT2D eigenvalue weighted by atomic mass is 9.67. The molecule has 1 fully saturated rings. The molecule has 0 aromatic heterocycles. The first-order chi connectivity index (χ1) is 18.2. The van der Waals surface area contributed by atoms with Crippen molar-refractivity contribution < 1.29 is 4.74 Å². The second-order valence-corrected chi connectivity index (χ2v) is 11.4. The van der Waals surface area contributed by atoms with Crippen LogP contribution in [-0.4, -0.2) is 6.61 Å². The molecule has 1 aliphatic rings. The third kappa shape index (κ3) is 9.52. The molecular weight excluding hydrogens is 450 g/mol. The average Bonchev–Trinajstić information content (AvgIpc) is 2.95. The van der Waals surface area contributed by atoms with Crippen LogP contribution in [0.5, 0.6) is 5.75 Å². The minimum absolute atomic E-state index is 0.0921. The molecule has 2 aromatic carbocycles. The summed E-state index contributed by atoms with van der Waals surface area (Å²) in [7, 11) is 0. The smallest absolute Gasteiger partial charge is 0.119 e. The third-order valence-corrected chi connectivity index (χ3v) is 8.52. The van der Waals surface area contributed by atoms with E-state index in [1.165, 1.54) is 87.3 Å². The van der Waals surface area contributed by atoms with Crippen LogP contribution in [-0.2, 0) is 0 Å². The Kier molecular flexibility index (Phi) is 13.1. The van der Waals surface area contributed by atoms with Crippen molar-refractivity contribution in [3.63, 3.8) is 0 Å². The predicted octanol–water partition coefficient (Wildman–Crippen LogP) is 11.0. The van der Waals surface area contributed by atoms with Crippen LogP contribution < -0.4 is 4.74 Å². The SMILES string of the molecule is CCCCCCCCOc1ccc(-c2ccccc2C2CCC(C#N)(CCCCCCCC)CC2)cc1. The van der Waals surface area contributed by atoms with Gasteiger partial charge in [-0.05, 0) is 73.3 Å². The number of hydrogen-bond donors (Lipinski definition) is 0. The van der Waals surface area contributed by atoms with Gasteiger partial charge < -0.3 is 4.74 Å². The molecule has 0 spiro atoms. The van der Waals surface area contributed by atoms with Crippen LogP contribution in [0.4, 0.5) is 0 Å². The maximum absolute atomic E-state index is 10.1. The van der Waals surface area contributed by atoms with Crippen molar-refractivity contribution in [1.29, 1.82) is 5.26 Å². The second-order valence-electron chi connectivity index (χ2n) is 11.4. The lowest BCUT2D eigenvalue weighted by Crippen LogP contribution is -2.25. The number of nitrogens with zero attached hydrogens (tertiary/aromatic N) is 1. The number of unbranched alkanes of at least 4 members (excludes halogenated alkanes) is 10. The molecule has 0 bridgehead atoms. The normalized spacial score (nSPS) is 19.4. The first-order valence-corrected chi connectivity index (χ1v) is 15.4. The van der Waals surface area contributed by atoms with E-state index in [0.717, 1.165) is 50.9 Å². The van der Waals surface area contributed by atoms with Crippen LogP contribution in [0.15, 0.2) is 48.5 Å². The van der Waals surface area contributed by atoms with Crippen molar-refractivity contribution in [2.75, 3.05) is 6.61 Å². The monoisotopic (exact) mass is 501 g/mol. The topological polar surface area (TPSA) is 33.0 Å². The summed E-state index contributed by atoms with van der Waals surface area (Å²) in [5, 5.41) is 10.1. The second kappa shape index (κ2) is 16.5. The molecule has 0 N–H and O–H groups in total. The highest BCUT2D eigenvalue weighted by atomic mass is 16.5. The molecule has 0 atom stereocenters. The van der Waals surface area contributed by atoms with Crippen molar-refractivity contribution in [2.45, 2.75) is 129 Å². The molecule has 0 unspecified atom stereocenters. The molecule has 0 radical (unpaired) electrons. The van der Waals surface area contributed by atoms with Gasteiger partial charge in [0, 0.05) is 0 Å². The zero-order valence-corrected chi connectivity index (χ0v) is 23.8. The fraction of sp³-hybridized carbons (Fsp3) is 0.629. The third-order valence-electron chi connectivity index (χ3n) is 8.52. The highest BCUT2D eigenvalue weighted by Crippen LogP contribution is 2.47. The molecule has 2 nitrogen and oxygen atoms in total. The lowest BCUT2D eigenvalue weighted by molar-refractivity contribution is 0.223. The fourth-order valence-corrected chi connectivity index (χ4v) is 6.06. The lowest BCUT2D eigenvalue weighted by Gasteiger charge is -2.36. The minimum Gasteiger partial charge on any atom is -0.494 e. The van der Waals surface area contributed by atoms with E-state index in [-0.39, 0.29) is 5.41 Å². The number of nitriles is 1. The van der Waals surface area contributed by atoms with E-state index in [4.69, 9.17) is 4.74 Å². The quantitative estimate of drug-likeness (QED) is 0.202. The maximum Gasteiger partial charge on any atom is 0.119 e.